The van der Waals surface area contributed by atoms with E-state index in [1.54, 1.807) is 25.6 Å². The summed E-state index contributed by atoms with van der Waals surface area (Å²) < 4.78 is 5.26. The summed E-state index contributed by atoms with van der Waals surface area (Å²) in [5.74, 6) is 1.18. The third-order valence-electron chi connectivity index (χ3n) is 6.27. The Morgan fingerprint density at radius 2 is 2.09 bits per heavy atom. The van der Waals surface area contributed by atoms with Crippen molar-refractivity contribution >= 4 is 11.6 Å². The van der Waals surface area contributed by atoms with Gasteiger partial charge in [-0.1, -0.05) is 6.08 Å². The number of methoxy groups -OCH3 is 1. The molecule has 8 heteroatoms. The fraction of sp³-hybridized carbons (Fsp3) is 0.480. The van der Waals surface area contributed by atoms with Crippen molar-refractivity contribution in [2.45, 2.75) is 25.3 Å². The zero-order valence-corrected chi connectivity index (χ0v) is 19.7. The number of aromatic amines is 1. The SMILES string of the molecule is COc1cc(-c2c[nH]c(=O)c(N(CC3CC3)[C@H]3CCN(C(=O)C=CCN(C)C)C3)c2)ccn1. The number of likely N-dealkylation sites (tertiary alicyclic amines) is 1. The van der Waals surface area contributed by atoms with Crippen molar-refractivity contribution in [1.82, 2.24) is 19.8 Å². The van der Waals surface area contributed by atoms with Crippen molar-refractivity contribution in [3.63, 3.8) is 0 Å². The van der Waals surface area contributed by atoms with Crippen molar-refractivity contribution < 1.29 is 9.53 Å². The molecule has 2 aromatic rings. The van der Waals surface area contributed by atoms with Gasteiger partial charge in [0.15, 0.2) is 0 Å². The van der Waals surface area contributed by atoms with Gasteiger partial charge in [-0.15, -0.1) is 0 Å². The van der Waals surface area contributed by atoms with Crippen molar-refractivity contribution in [3.05, 3.63) is 53.1 Å². The predicted molar refractivity (Wildman–Crippen MR) is 130 cm³/mol. The van der Waals surface area contributed by atoms with Crippen molar-refractivity contribution in [1.29, 1.82) is 0 Å². The van der Waals surface area contributed by atoms with Crippen LogP contribution in [-0.2, 0) is 4.79 Å². The van der Waals surface area contributed by atoms with Crippen LogP contribution in [0.2, 0.25) is 0 Å². The number of ether oxygens (including phenoxy) is 1. The minimum absolute atomic E-state index is 0.0391. The largest absolute Gasteiger partial charge is 0.481 e. The van der Waals surface area contributed by atoms with Crippen LogP contribution < -0.4 is 15.2 Å². The minimum atomic E-state index is -0.101. The average molecular weight is 452 g/mol. The van der Waals surface area contributed by atoms with E-state index in [1.807, 2.05) is 48.2 Å². The number of hydrogen-bond donors (Lipinski definition) is 1. The van der Waals surface area contributed by atoms with Gasteiger partial charge in [-0.3, -0.25) is 9.59 Å². The minimum Gasteiger partial charge on any atom is -0.481 e. The lowest BCUT2D eigenvalue weighted by molar-refractivity contribution is -0.125. The normalized spacial score (nSPS) is 18.3. The van der Waals surface area contributed by atoms with Crippen LogP contribution in [0.3, 0.4) is 0 Å². The number of rotatable bonds is 9. The van der Waals surface area contributed by atoms with Crippen LogP contribution in [0, 0.1) is 5.92 Å². The van der Waals surface area contributed by atoms with Crippen molar-refractivity contribution in [2.24, 2.45) is 5.92 Å². The van der Waals surface area contributed by atoms with Gasteiger partial charge in [0.1, 0.15) is 5.69 Å². The molecule has 2 fully saturated rings. The first kappa shape index (κ1) is 23.0. The molecule has 4 rings (SSSR count). The maximum absolute atomic E-state index is 12.9. The van der Waals surface area contributed by atoms with Gasteiger partial charge in [-0.25, -0.2) is 4.98 Å². The first-order valence-electron chi connectivity index (χ1n) is 11.5. The third kappa shape index (κ3) is 5.82. The number of likely N-dealkylation sites (N-methyl/N-ethyl adjacent to an activating group) is 1. The molecule has 1 atom stereocenters. The van der Waals surface area contributed by atoms with Crippen LogP contribution in [0.4, 0.5) is 5.69 Å². The van der Waals surface area contributed by atoms with Crippen LogP contribution in [0.5, 0.6) is 5.88 Å². The van der Waals surface area contributed by atoms with E-state index in [-0.39, 0.29) is 17.5 Å². The van der Waals surface area contributed by atoms with Gasteiger partial charge in [0.05, 0.1) is 7.11 Å². The highest BCUT2D eigenvalue weighted by Crippen LogP contribution is 2.34. The Morgan fingerprint density at radius 1 is 1.27 bits per heavy atom. The standard InChI is InChI=1S/C25H33N5O3/c1-28(2)11-4-5-24(31)29-12-9-21(17-29)30(16-18-6-7-18)22-13-20(15-27-25(22)32)19-8-10-26-23(14-19)33-3/h4-5,8,10,13-15,18,21H,6-7,9,11-12,16-17H2,1-3H3,(H,27,32)/t21-/m0/s1. The van der Waals surface area contributed by atoms with Gasteiger partial charge in [-0.2, -0.15) is 0 Å². The second-order valence-electron chi connectivity index (χ2n) is 9.18. The number of nitrogens with zero attached hydrogens (tertiary/aromatic N) is 4. The molecule has 176 valence electrons. The zero-order chi connectivity index (χ0) is 23.4. The van der Waals surface area contributed by atoms with Crippen molar-refractivity contribution in [2.75, 3.05) is 52.3 Å². The molecule has 1 aliphatic heterocycles. The molecule has 0 bridgehead atoms. The predicted octanol–water partition coefficient (Wildman–Crippen LogP) is 2.38. The van der Waals surface area contributed by atoms with E-state index < -0.39 is 0 Å². The summed E-state index contributed by atoms with van der Waals surface area (Å²) >= 11 is 0. The second kappa shape index (κ2) is 10.2. The van der Waals surface area contributed by atoms with E-state index in [0.717, 1.165) is 30.6 Å². The second-order valence-corrected chi connectivity index (χ2v) is 9.18. The van der Waals surface area contributed by atoms with E-state index >= 15 is 0 Å². The Labute approximate surface area is 194 Å². The first-order valence-corrected chi connectivity index (χ1v) is 11.5. The summed E-state index contributed by atoms with van der Waals surface area (Å²) in [6.07, 6.45) is 10.2. The third-order valence-corrected chi connectivity index (χ3v) is 6.27. The smallest absolute Gasteiger partial charge is 0.271 e. The van der Waals surface area contributed by atoms with Gasteiger partial charge in [-0.05, 0) is 57.0 Å². The van der Waals surface area contributed by atoms with Crippen LogP contribution >= 0.6 is 0 Å². The van der Waals surface area contributed by atoms with E-state index in [0.29, 0.717) is 30.6 Å². The number of carbonyl (C=O) groups excluding carboxylic acids is 1. The lowest BCUT2D eigenvalue weighted by Crippen LogP contribution is -2.42. The number of hydrogen-bond acceptors (Lipinski definition) is 6. The molecule has 1 amide bonds. The number of nitrogens with one attached hydrogen (secondary N) is 1. The van der Waals surface area contributed by atoms with E-state index in [1.165, 1.54) is 12.8 Å². The first-order chi connectivity index (χ1) is 15.9. The zero-order valence-electron chi connectivity index (χ0n) is 19.7. The molecule has 3 heterocycles. The number of aromatic nitrogens is 2. The Hall–Kier alpha value is -3.13. The van der Waals surface area contributed by atoms with Gasteiger partial charge < -0.3 is 24.4 Å². The van der Waals surface area contributed by atoms with Crippen LogP contribution in [0.1, 0.15) is 19.3 Å². The maximum Gasteiger partial charge on any atom is 0.271 e. The van der Waals surface area contributed by atoms with Crippen LogP contribution in [0.15, 0.2) is 47.5 Å². The average Bonchev–Trinajstić information content (AvgIpc) is 3.50. The molecule has 1 aliphatic carbocycles. The molecule has 0 aromatic carbocycles. The topological polar surface area (TPSA) is 81.8 Å². The Morgan fingerprint density at radius 3 is 2.82 bits per heavy atom. The van der Waals surface area contributed by atoms with E-state index in [2.05, 4.69) is 14.9 Å². The number of amides is 1. The van der Waals surface area contributed by atoms with Crippen molar-refractivity contribution in [3.8, 4) is 17.0 Å². The summed E-state index contributed by atoms with van der Waals surface area (Å²) in [4.78, 5) is 38.8. The monoisotopic (exact) mass is 451 g/mol. The summed E-state index contributed by atoms with van der Waals surface area (Å²) in [7, 11) is 5.54. The van der Waals surface area contributed by atoms with E-state index in [9.17, 15) is 9.59 Å². The maximum atomic E-state index is 12.9. The molecule has 8 nitrogen and oxygen atoms in total. The quantitative estimate of drug-likeness (QED) is 0.590. The molecule has 1 saturated heterocycles. The van der Waals surface area contributed by atoms with Gasteiger partial charge in [0.2, 0.25) is 11.8 Å². The molecular formula is C25H33N5O3. The lowest BCUT2D eigenvalue weighted by Gasteiger charge is -2.31. The fourth-order valence-electron chi connectivity index (χ4n) is 4.24. The Bertz CT molecular complexity index is 1060. The number of H-pyrrole nitrogens is 1. The van der Waals surface area contributed by atoms with E-state index in [4.69, 9.17) is 4.74 Å². The summed E-state index contributed by atoms with van der Waals surface area (Å²) in [6, 6.07) is 5.84. The molecule has 0 unspecified atom stereocenters. The number of anilines is 1. The molecule has 2 aliphatic rings. The summed E-state index contributed by atoms with van der Waals surface area (Å²) in [6.45, 7) is 2.91. The highest BCUT2D eigenvalue weighted by molar-refractivity contribution is 5.88. The summed E-state index contributed by atoms with van der Waals surface area (Å²) in [5.41, 5.74) is 2.40. The van der Waals surface area contributed by atoms with Gasteiger partial charge >= 0.3 is 0 Å². The molecule has 1 N–H and O–H groups in total. The van der Waals surface area contributed by atoms with Gasteiger partial charge in [0.25, 0.3) is 5.56 Å². The molecule has 33 heavy (non-hydrogen) atoms. The highest BCUT2D eigenvalue weighted by Gasteiger charge is 2.34. The Balaban J connectivity index is 1.56. The fourth-order valence-corrected chi connectivity index (χ4v) is 4.24. The lowest BCUT2D eigenvalue weighted by atomic mass is 10.1. The van der Waals surface area contributed by atoms with Crippen LogP contribution in [0.25, 0.3) is 11.1 Å². The van der Waals surface area contributed by atoms with Crippen LogP contribution in [-0.4, -0.2) is 79.1 Å². The molecule has 2 aromatic heterocycles. The molecule has 0 spiro atoms. The molecule has 1 saturated carbocycles. The van der Waals surface area contributed by atoms with Gasteiger partial charge in [0, 0.05) is 62.3 Å². The Kier molecular flexibility index (Phi) is 7.13. The highest BCUT2D eigenvalue weighted by atomic mass is 16.5. The molecular weight excluding hydrogens is 418 g/mol. The summed E-state index contributed by atoms with van der Waals surface area (Å²) in [5, 5.41) is 0. The molecule has 0 radical (unpaired) electrons. The number of carbonyl (C=O) groups is 1. The number of pyridine rings is 2.